The minimum atomic E-state index is 0.0559. The van der Waals surface area contributed by atoms with Gasteiger partial charge in [-0.15, -0.1) is 0 Å². The van der Waals surface area contributed by atoms with Crippen molar-refractivity contribution in [2.24, 2.45) is 5.92 Å². The largest absolute Gasteiger partial charge is 0.384 e. The van der Waals surface area contributed by atoms with Crippen LogP contribution >= 0.6 is 0 Å². The lowest BCUT2D eigenvalue weighted by Gasteiger charge is -2.31. The molecule has 1 heterocycles. The fraction of sp³-hybridized carbons (Fsp3) is 0.467. The molecule has 0 saturated carbocycles. The first-order valence-corrected chi connectivity index (χ1v) is 6.53. The molecule has 2 rings (SSSR count). The van der Waals surface area contributed by atoms with Crippen LogP contribution in [0.1, 0.15) is 28.8 Å². The SMILES string of the molecule is COCC1CCN(C(=O)c2ccc(C#N)cc2)CC1. The van der Waals surface area contributed by atoms with Crippen molar-refractivity contribution in [2.75, 3.05) is 26.8 Å². The van der Waals surface area contributed by atoms with E-state index in [1.807, 2.05) is 4.90 Å². The van der Waals surface area contributed by atoms with Gasteiger partial charge in [0.1, 0.15) is 0 Å². The van der Waals surface area contributed by atoms with Gasteiger partial charge in [0.25, 0.3) is 5.91 Å². The van der Waals surface area contributed by atoms with Gasteiger partial charge in [-0.1, -0.05) is 0 Å². The number of likely N-dealkylation sites (tertiary alicyclic amines) is 1. The highest BCUT2D eigenvalue weighted by molar-refractivity contribution is 5.94. The van der Waals surface area contributed by atoms with Crippen molar-refractivity contribution in [3.8, 4) is 6.07 Å². The molecule has 0 radical (unpaired) electrons. The Morgan fingerprint density at radius 1 is 1.37 bits per heavy atom. The molecule has 4 nitrogen and oxygen atoms in total. The Hall–Kier alpha value is -1.86. The maximum absolute atomic E-state index is 12.3. The van der Waals surface area contributed by atoms with Crippen LogP contribution < -0.4 is 0 Å². The Labute approximate surface area is 113 Å². The topological polar surface area (TPSA) is 53.3 Å². The number of piperidine rings is 1. The van der Waals surface area contributed by atoms with Gasteiger partial charge in [0, 0.05) is 32.4 Å². The van der Waals surface area contributed by atoms with Gasteiger partial charge in [0.2, 0.25) is 0 Å². The number of nitrogens with zero attached hydrogens (tertiary/aromatic N) is 2. The normalized spacial score (nSPS) is 16.1. The molecule has 1 fully saturated rings. The van der Waals surface area contributed by atoms with Crippen LogP contribution in [-0.4, -0.2) is 37.6 Å². The molecular formula is C15H18N2O2. The molecule has 0 bridgehead atoms. The smallest absolute Gasteiger partial charge is 0.253 e. The van der Waals surface area contributed by atoms with E-state index in [1.165, 1.54) is 0 Å². The number of nitriles is 1. The molecule has 0 unspecified atom stereocenters. The second-order valence-electron chi connectivity index (χ2n) is 4.88. The monoisotopic (exact) mass is 258 g/mol. The summed E-state index contributed by atoms with van der Waals surface area (Å²) < 4.78 is 5.15. The van der Waals surface area contributed by atoms with E-state index >= 15 is 0 Å². The summed E-state index contributed by atoms with van der Waals surface area (Å²) in [6, 6.07) is 8.87. The van der Waals surface area contributed by atoms with Gasteiger partial charge in [0.05, 0.1) is 11.6 Å². The number of amides is 1. The molecule has 0 spiro atoms. The molecule has 1 aliphatic rings. The van der Waals surface area contributed by atoms with Crippen molar-refractivity contribution in [1.82, 2.24) is 4.90 Å². The lowest BCUT2D eigenvalue weighted by atomic mass is 9.97. The van der Waals surface area contributed by atoms with Crippen LogP contribution in [0.15, 0.2) is 24.3 Å². The molecule has 100 valence electrons. The number of carbonyl (C=O) groups is 1. The molecule has 0 N–H and O–H groups in total. The van der Waals surface area contributed by atoms with Gasteiger partial charge in [-0.3, -0.25) is 4.79 Å². The molecule has 1 aromatic rings. The minimum absolute atomic E-state index is 0.0559. The zero-order valence-electron chi connectivity index (χ0n) is 11.1. The Morgan fingerprint density at radius 3 is 2.53 bits per heavy atom. The third-order valence-electron chi connectivity index (χ3n) is 3.57. The first-order chi connectivity index (χ1) is 9.24. The molecule has 19 heavy (non-hydrogen) atoms. The number of benzene rings is 1. The molecule has 0 atom stereocenters. The van der Waals surface area contributed by atoms with Crippen LogP contribution in [0.4, 0.5) is 0 Å². The Morgan fingerprint density at radius 2 is 2.00 bits per heavy atom. The maximum atomic E-state index is 12.3. The van der Waals surface area contributed by atoms with E-state index < -0.39 is 0 Å². The first-order valence-electron chi connectivity index (χ1n) is 6.53. The van der Waals surface area contributed by atoms with Gasteiger partial charge in [0.15, 0.2) is 0 Å². The fourth-order valence-electron chi connectivity index (χ4n) is 2.41. The second kappa shape index (κ2) is 6.35. The summed E-state index contributed by atoms with van der Waals surface area (Å²) in [6.07, 6.45) is 1.99. The summed E-state index contributed by atoms with van der Waals surface area (Å²) in [5.41, 5.74) is 1.24. The predicted molar refractivity (Wildman–Crippen MR) is 71.7 cm³/mol. The van der Waals surface area contributed by atoms with E-state index in [0.29, 0.717) is 17.0 Å². The number of hydrogen-bond acceptors (Lipinski definition) is 3. The van der Waals surface area contributed by atoms with E-state index in [-0.39, 0.29) is 5.91 Å². The number of ether oxygens (including phenoxy) is 1. The van der Waals surface area contributed by atoms with E-state index in [0.717, 1.165) is 32.5 Å². The van der Waals surface area contributed by atoms with Gasteiger partial charge in [-0.25, -0.2) is 0 Å². The molecule has 1 aromatic carbocycles. The van der Waals surface area contributed by atoms with Crippen LogP contribution in [0, 0.1) is 17.2 Å². The standard InChI is InChI=1S/C15H18N2O2/c1-19-11-13-6-8-17(9-7-13)15(18)14-4-2-12(10-16)3-5-14/h2-5,13H,6-9,11H2,1H3. The first kappa shape index (κ1) is 13.6. The summed E-state index contributed by atoms with van der Waals surface area (Å²) in [6.45, 7) is 2.35. The van der Waals surface area contributed by atoms with Crippen LogP contribution in [-0.2, 0) is 4.74 Å². The lowest BCUT2D eigenvalue weighted by molar-refractivity contribution is 0.0613. The van der Waals surface area contributed by atoms with Gasteiger partial charge >= 0.3 is 0 Å². The van der Waals surface area contributed by atoms with Crippen LogP contribution in [0.5, 0.6) is 0 Å². The van der Waals surface area contributed by atoms with Crippen molar-refractivity contribution in [3.63, 3.8) is 0 Å². The van der Waals surface area contributed by atoms with E-state index in [2.05, 4.69) is 6.07 Å². The highest BCUT2D eigenvalue weighted by atomic mass is 16.5. The van der Waals surface area contributed by atoms with Crippen LogP contribution in [0.3, 0.4) is 0 Å². The van der Waals surface area contributed by atoms with Crippen LogP contribution in [0.25, 0.3) is 0 Å². The van der Waals surface area contributed by atoms with Crippen molar-refractivity contribution >= 4 is 5.91 Å². The minimum Gasteiger partial charge on any atom is -0.384 e. The van der Waals surface area contributed by atoms with Gasteiger partial charge in [-0.2, -0.15) is 5.26 Å². The van der Waals surface area contributed by atoms with Gasteiger partial charge < -0.3 is 9.64 Å². The summed E-state index contributed by atoms with van der Waals surface area (Å²) >= 11 is 0. The highest BCUT2D eigenvalue weighted by Gasteiger charge is 2.23. The van der Waals surface area contributed by atoms with Crippen molar-refractivity contribution < 1.29 is 9.53 Å². The number of rotatable bonds is 3. The van der Waals surface area contributed by atoms with E-state index in [1.54, 1.807) is 31.4 Å². The van der Waals surface area contributed by atoms with Crippen LogP contribution in [0.2, 0.25) is 0 Å². The Kier molecular flexibility index (Phi) is 4.53. The average Bonchev–Trinajstić information content (AvgIpc) is 2.48. The van der Waals surface area contributed by atoms with Crippen molar-refractivity contribution in [3.05, 3.63) is 35.4 Å². The third-order valence-corrected chi connectivity index (χ3v) is 3.57. The molecule has 0 aromatic heterocycles. The zero-order chi connectivity index (χ0) is 13.7. The molecule has 1 aliphatic heterocycles. The Bertz CT molecular complexity index is 468. The highest BCUT2D eigenvalue weighted by Crippen LogP contribution is 2.19. The van der Waals surface area contributed by atoms with E-state index in [9.17, 15) is 4.79 Å². The second-order valence-corrected chi connectivity index (χ2v) is 4.88. The van der Waals surface area contributed by atoms with E-state index in [4.69, 9.17) is 10.00 Å². The molecule has 4 heteroatoms. The number of carbonyl (C=O) groups excluding carboxylic acids is 1. The predicted octanol–water partition coefficient (Wildman–Crippen LogP) is 2.06. The molecule has 1 saturated heterocycles. The summed E-state index contributed by atoms with van der Waals surface area (Å²) in [4.78, 5) is 14.2. The van der Waals surface area contributed by atoms with Crippen molar-refractivity contribution in [1.29, 1.82) is 5.26 Å². The third kappa shape index (κ3) is 3.33. The summed E-state index contributed by atoms with van der Waals surface area (Å²) in [7, 11) is 1.72. The molecular weight excluding hydrogens is 240 g/mol. The fourth-order valence-corrected chi connectivity index (χ4v) is 2.41. The zero-order valence-corrected chi connectivity index (χ0v) is 11.1. The number of hydrogen-bond donors (Lipinski definition) is 0. The lowest BCUT2D eigenvalue weighted by Crippen LogP contribution is -2.39. The molecule has 1 amide bonds. The number of methoxy groups -OCH3 is 1. The average molecular weight is 258 g/mol. The summed E-state index contributed by atoms with van der Waals surface area (Å²) in [5, 5.41) is 8.74. The van der Waals surface area contributed by atoms with Crippen molar-refractivity contribution in [2.45, 2.75) is 12.8 Å². The Balaban J connectivity index is 1.95. The quantitative estimate of drug-likeness (QED) is 0.833. The molecule has 0 aliphatic carbocycles. The maximum Gasteiger partial charge on any atom is 0.253 e. The van der Waals surface area contributed by atoms with Gasteiger partial charge in [-0.05, 0) is 43.0 Å². The summed E-state index contributed by atoms with van der Waals surface area (Å²) in [5.74, 6) is 0.621.